The standard InChI is InChI=1S/C32H42N6O3/c1-22-17-26(33-10-14-39)18-23(2)27(22)19-25-6-7-28-30(20-25)38(21-29-31(40)8-5-24(3)35-29)32(36-28)34-9-4-11-37-12-15-41-16-13-37/h5-8,17-18,20,33,39-40H,4,9-16,19,21H2,1-3H3,(H,34,36). The Hall–Kier alpha value is -3.66. The van der Waals surface area contributed by atoms with Crippen molar-refractivity contribution in [3.63, 3.8) is 0 Å². The summed E-state index contributed by atoms with van der Waals surface area (Å²) in [6.07, 6.45) is 1.80. The number of aliphatic hydroxyl groups excluding tert-OH is 1. The number of aromatic nitrogens is 3. The second-order valence-corrected chi connectivity index (χ2v) is 10.9. The molecule has 0 atom stereocenters. The van der Waals surface area contributed by atoms with E-state index in [0.29, 0.717) is 18.8 Å². The van der Waals surface area contributed by atoms with E-state index in [2.05, 4.69) is 69.3 Å². The van der Waals surface area contributed by atoms with Crippen molar-refractivity contribution in [1.82, 2.24) is 19.4 Å². The third kappa shape index (κ3) is 7.16. The topological polar surface area (TPSA) is 108 Å². The fourth-order valence-corrected chi connectivity index (χ4v) is 5.55. The first-order valence-electron chi connectivity index (χ1n) is 14.5. The van der Waals surface area contributed by atoms with E-state index in [-0.39, 0.29) is 12.4 Å². The molecule has 0 aliphatic carbocycles. The van der Waals surface area contributed by atoms with Crippen molar-refractivity contribution in [2.24, 2.45) is 0 Å². The van der Waals surface area contributed by atoms with Crippen molar-refractivity contribution in [2.75, 3.05) is 63.2 Å². The largest absolute Gasteiger partial charge is 0.506 e. The molecule has 0 spiro atoms. The Balaban J connectivity index is 1.41. The van der Waals surface area contributed by atoms with E-state index < -0.39 is 0 Å². The molecule has 0 amide bonds. The van der Waals surface area contributed by atoms with Crippen molar-refractivity contribution < 1.29 is 14.9 Å². The first kappa shape index (κ1) is 28.9. The van der Waals surface area contributed by atoms with Crippen LogP contribution in [0.4, 0.5) is 11.6 Å². The number of nitrogens with one attached hydrogen (secondary N) is 2. The summed E-state index contributed by atoms with van der Waals surface area (Å²) in [5, 5.41) is 26.6. The lowest BCUT2D eigenvalue weighted by atomic mass is 9.95. The van der Waals surface area contributed by atoms with Gasteiger partial charge in [0.1, 0.15) is 11.4 Å². The molecular weight excluding hydrogens is 516 g/mol. The normalized spacial score (nSPS) is 14.0. The van der Waals surface area contributed by atoms with Gasteiger partial charge in [0.2, 0.25) is 5.95 Å². The van der Waals surface area contributed by atoms with Gasteiger partial charge in [0.05, 0.1) is 37.4 Å². The highest BCUT2D eigenvalue weighted by Gasteiger charge is 2.16. The number of imidazole rings is 1. The quantitative estimate of drug-likeness (QED) is 0.191. The summed E-state index contributed by atoms with van der Waals surface area (Å²) in [4.78, 5) is 12.0. The molecule has 1 aliphatic heterocycles. The highest BCUT2D eigenvalue weighted by atomic mass is 16.5. The summed E-state index contributed by atoms with van der Waals surface area (Å²) in [5.41, 5.74) is 9.37. The van der Waals surface area contributed by atoms with Gasteiger partial charge in [-0.1, -0.05) is 6.07 Å². The zero-order valence-corrected chi connectivity index (χ0v) is 24.4. The molecule has 0 bridgehead atoms. The van der Waals surface area contributed by atoms with Crippen molar-refractivity contribution in [3.8, 4) is 5.75 Å². The Morgan fingerprint density at radius 2 is 1.71 bits per heavy atom. The van der Waals surface area contributed by atoms with Crippen LogP contribution in [0.3, 0.4) is 0 Å². The Morgan fingerprint density at radius 1 is 0.927 bits per heavy atom. The Labute approximate surface area is 242 Å². The molecule has 5 rings (SSSR count). The smallest absolute Gasteiger partial charge is 0.204 e. The zero-order chi connectivity index (χ0) is 28.8. The van der Waals surface area contributed by atoms with Crippen LogP contribution in [0.2, 0.25) is 0 Å². The molecule has 2 aromatic heterocycles. The number of ether oxygens (including phenoxy) is 1. The predicted molar refractivity (Wildman–Crippen MR) is 164 cm³/mol. The molecule has 3 heterocycles. The zero-order valence-electron chi connectivity index (χ0n) is 24.4. The van der Waals surface area contributed by atoms with Gasteiger partial charge in [-0.3, -0.25) is 9.88 Å². The van der Waals surface area contributed by atoms with Crippen LogP contribution < -0.4 is 10.6 Å². The summed E-state index contributed by atoms with van der Waals surface area (Å²) in [6.45, 7) is 12.7. The van der Waals surface area contributed by atoms with Crippen LogP contribution in [0, 0.1) is 20.8 Å². The number of rotatable bonds is 12. The predicted octanol–water partition coefficient (Wildman–Crippen LogP) is 4.24. The molecule has 4 aromatic rings. The maximum Gasteiger partial charge on any atom is 0.204 e. The monoisotopic (exact) mass is 558 g/mol. The molecule has 1 fully saturated rings. The van der Waals surface area contributed by atoms with E-state index in [0.717, 1.165) is 80.6 Å². The van der Waals surface area contributed by atoms with Gasteiger partial charge in [0.25, 0.3) is 0 Å². The van der Waals surface area contributed by atoms with Gasteiger partial charge in [-0.25, -0.2) is 4.98 Å². The van der Waals surface area contributed by atoms with Crippen molar-refractivity contribution in [2.45, 2.75) is 40.2 Å². The van der Waals surface area contributed by atoms with Gasteiger partial charge in [0.15, 0.2) is 0 Å². The molecule has 1 saturated heterocycles. The number of nitrogens with zero attached hydrogens (tertiary/aromatic N) is 4. The Kier molecular flexibility index (Phi) is 9.38. The number of fused-ring (bicyclic) bond motifs is 1. The van der Waals surface area contributed by atoms with E-state index in [1.165, 1.54) is 22.3 Å². The van der Waals surface area contributed by atoms with Crippen LogP contribution in [0.1, 0.15) is 40.1 Å². The lowest BCUT2D eigenvalue weighted by molar-refractivity contribution is 0.0378. The van der Waals surface area contributed by atoms with Crippen LogP contribution in [-0.2, 0) is 17.7 Å². The number of aryl methyl sites for hydroxylation is 3. The third-order valence-corrected chi connectivity index (χ3v) is 7.77. The average Bonchev–Trinajstić information content (AvgIpc) is 3.30. The first-order chi connectivity index (χ1) is 19.9. The summed E-state index contributed by atoms with van der Waals surface area (Å²) in [7, 11) is 0. The summed E-state index contributed by atoms with van der Waals surface area (Å²) in [6, 6.07) is 14.3. The van der Waals surface area contributed by atoms with Crippen LogP contribution in [-0.4, -0.2) is 82.2 Å². The fraction of sp³-hybridized carbons (Fsp3) is 0.438. The number of aliphatic hydroxyl groups is 1. The molecule has 2 aromatic carbocycles. The highest BCUT2D eigenvalue weighted by Crippen LogP contribution is 2.28. The van der Waals surface area contributed by atoms with Crippen LogP contribution >= 0.6 is 0 Å². The van der Waals surface area contributed by atoms with E-state index in [9.17, 15) is 5.11 Å². The van der Waals surface area contributed by atoms with E-state index in [1.807, 2.05) is 13.0 Å². The Bertz CT molecular complexity index is 1460. The molecule has 4 N–H and O–H groups in total. The van der Waals surface area contributed by atoms with Crippen molar-refractivity contribution >= 4 is 22.7 Å². The van der Waals surface area contributed by atoms with E-state index >= 15 is 0 Å². The fourth-order valence-electron chi connectivity index (χ4n) is 5.55. The first-order valence-corrected chi connectivity index (χ1v) is 14.5. The number of hydrogen-bond donors (Lipinski definition) is 4. The minimum Gasteiger partial charge on any atom is -0.506 e. The molecule has 1 aliphatic rings. The third-order valence-electron chi connectivity index (χ3n) is 7.77. The maximum atomic E-state index is 10.6. The molecule has 0 unspecified atom stereocenters. The van der Waals surface area contributed by atoms with Crippen LogP contribution in [0.25, 0.3) is 11.0 Å². The lowest BCUT2D eigenvalue weighted by Crippen LogP contribution is -2.37. The van der Waals surface area contributed by atoms with Crippen molar-refractivity contribution in [1.29, 1.82) is 0 Å². The lowest BCUT2D eigenvalue weighted by Gasteiger charge is -2.26. The van der Waals surface area contributed by atoms with Crippen molar-refractivity contribution in [3.05, 3.63) is 76.1 Å². The van der Waals surface area contributed by atoms with Gasteiger partial charge in [0, 0.05) is 37.6 Å². The Morgan fingerprint density at radius 3 is 2.46 bits per heavy atom. The van der Waals surface area contributed by atoms with E-state index in [1.54, 1.807) is 6.07 Å². The molecule has 0 radical (unpaired) electrons. The van der Waals surface area contributed by atoms with Gasteiger partial charge < -0.3 is 30.2 Å². The minimum absolute atomic E-state index is 0.105. The molecule has 9 heteroatoms. The maximum absolute atomic E-state index is 10.6. The number of pyridine rings is 1. The number of aromatic hydroxyl groups is 1. The summed E-state index contributed by atoms with van der Waals surface area (Å²) in [5.74, 6) is 0.974. The van der Waals surface area contributed by atoms with Crippen LogP contribution in [0.5, 0.6) is 5.75 Å². The van der Waals surface area contributed by atoms with Crippen LogP contribution in [0.15, 0.2) is 42.5 Å². The molecule has 41 heavy (non-hydrogen) atoms. The number of benzene rings is 2. The van der Waals surface area contributed by atoms with E-state index in [4.69, 9.17) is 14.8 Å². The molecule has 9 nitrogen and oxygen atoms in total. The second-order valence-electron chi connectivity index (χ2n) is 10.9. The van der Waals surface area contributed by atoms with Gasteiger partial charge in [-0.05, 0) is 98.8 Å². The molecular formula is C32H42N6O3. The molecule has 218 valence electrons. The average molecular weight is 559 g/mol. The van der Waals surface area contributed by atoms with Gasteiger partial charge >= 0.3 is 0 Å². The molecule has 0 saturated carbocycles. The summed E-state index contributed by atoms with van der Waals surface area (Å²) >= 11 is 0. The number of anilines is 2. The SMILES string of the molecule is Cc1ccc(O)c(Cn2c(NCCCN3CCOCC3)nc3ccc(Cc4c(C)cc(NCCO)cc4C)cc32)n1. The minimum atomic E-state index is 0.105. The van der Waals surface area contributed by atoms with Gasteiger partial charge in [-0.15, -0.1) is 0 Å². The number of morpholine rings is 1. The van der Waals surface area contributed by atoms with Gasteiger partial charge in [-0.2, -0.15) is 0 Å². The highest BCUT2D eigenvalue weighted by molar-refractivity contribution is 5.80. The summed E-state index contributed by atoms with van der Waals surface area (Å²) < 4.78 is 7.61. The second kappa shape index (κ2) is 13.3. The number of hydrogen-bond acceptors (Lipinski definition) is 8.